The van der Waals surface area contributed by atoms with E-state index in [-0.39, 0.29) is 0 Å². The monoisotopic (exact) mass is 276 g/mol. The average Bonchev–Trinajstić information content (AvgIpc) is 2.47. The zero-order valence-electron chi connectivity index (χ0n) is 12.0. The van der Waals surface area contributed by atoms with Crippen molar-refractivity contribution in [1.29, 1.82) is 0 Å². The summed E-state index contributed by atoms with van der Waals surface area (Å²) in [7, 11) is 3.27. The molecule has 2 rings (SSSR count). The van der Waals surface area contributed by atoms with Gasteiger partial charge in [0.2, 0.25) is 0 Å². The Bertz CT molecular complexity index is 482. The molecule has 0 atom stereocenters. The third-order valence-corrected chi connectivity index (χ3v) is 3.08. The number of pyridine rings is 1. The summed E-state index contributed by atoms with van der Waals surface area (Å²) >= 11 is 0. The van der Waals surface area contributed by atoms with Crippen LogP contribution in [0.15, 0.2) is 23.5 Å². The summed E-state index contributed by atoms with van der Waals surface area (Å²) in [6.45, 7) is 2.06. The highest BCUT2D eigenvalue weighted by Crippen LogP contribution is 2.26. The molecule has 0 unspecified atom stereocenters. The van der Waals surface area contributed by atoms with Gasteiger partial charge in [-0.15, -0.1) is 0 Å². The van der Waals surface area contributed by atoms with E-state index in [9.17, 15) is 4.79 Å². The molecule has 1 aliphatic heterocycles. The van der Waals surface area contributed by atoms with Gasteiger partial charge in [-0.3, -0.25) is 4.98 Å². The molecule has 0 N–H and O–H groups in total. The van der Waals surface area contributed by atoms with Crippen LogP contribution >= 0.6 is 0 Å². The molecule has 1 amide bonds. The predicted molar refractivity (Wildman–Crippen MR) is 77.5 cm³/mol. The largest absolute Gasteiger partial charge is 0.414 e. The zero-order valence-corrected chi connectivity index (χ0v) is 12.0. The van der Waals surface area contributed by atoms with E-state index in [1.165, 1.54) is 30.4 Å². The molecule has 1 aromatic rings. The van der Waals surface area contributed by atoms with E-state index in [0.29, 0.717) is 11.4 Å². The number of hydrogen-bond donors (Lipinski definition) is 0. The quantitative estimate of drug-likeness (QED) is 0.628. The maximum absolute atomic E-state index is 11.6. The van der Waals surface area contributed by atoms with Gasteiger partial charge in [-0.25, -0.2) is 9.79 Å². The fraction of sp³-hybridized carbons (Fsp3) is 0.500. The molecule has 0 aliphatic carbocycles. The van der Waals surface area contributed by atoms with Crippen LogP contribution in [0.5, 0.6) is 5.75 Å². The molecule has 1 aromatic heterocycles. The third kappa shape index (κ3) is 3.94. The first-order valence-corrected chi connectivity index (χ1v) is 6.78. The van der Waals surface area contributed by atoms with Crippen LogP contribution in [-0.4, -0.2) is 54.4 Å². The fourth-order valence-corrected chi connectivity index (χ4v) is 1.92. The van der Waals surface area contributed by atoms with Crippen molar-refractivity contribution in [3.8, 4) is 5.75 Å². The Kier molecular flexibility index (Phi) is 4.92. The van der Waals surface area contributed by atoms with E-state index >= 15 is 0 Å². The van der Waals surface area contributed by atoms with Crippen molar-refractivity contribution >= 4 is 18.1 Å². The highest BCUT2D eigenvalue weighted by molar-refractivity contribution is 5.73. The summed E-state index contributed by atoms with van der Waals surface area (Å²) in [4.78, 5) is 23.5. The van der Waals surface area contributed by atoms with Gasteiger partial charge in [-0.05, 0) is 25.3 Å². The van der Waals surface area contributed by atoms with Crippen molar-refractivity contribution in [2.75, 3.05) is 27.2 Å². The van der Waals surface area contributed by atoms with Crippen LogP contribution in [-0.2, 0) is 0 Å². The highest BCUT2D eigenvalue weighted by atomic mass is 16.6. The van der Waals surface area contributed by atoms with Gasteiger partial charge in [0, 0.05) is 33.4 Å². The minimum Gasteiger partial charge on any atom is -0.406 e. The summed E-state index contributed by atoms with van der Waals surface area (Å²) in [5.41, 5.74) is 0.612. The summed E-state index contributed by atoms with van der Waals surface area (Å²) in [5.74, 6) is 0.374. The lowest BCUT2D eigenvalue weighted by Gasteiger charge is -2.23. The first kappa shape index (κ1) is 14.3. The molecule has 2 heterocycles. The summed E-state index contributed by atoms with van der Waals surface area (Å²) < 4.78 is 5.24. The van der Waals surface area contributed by atoms with Gasteiger partial charge in [0.05, 0.1) is 12.5 Å². The Hall–Kier alpha value is -2.11. The van der Waals surface area contributed by atoms with Crippen LogP contribution in [0, 0.1) is 0 Å². The molecule has 6 heteroatoms. The van der Waals surface area contributed by atoms with E-state index in [0.717, 1.165) is 13.1 Å². The number of piperidine rings is 1. The van der Waals surface area contributed by atoms with Crippen molar-refractivity contribution in [2.45, 2.75) is 19.3 Å². The number of nitrogens with zero attached hydrogens (tertiary/aromatic N) is 4. The standard InChI is InChI=1S/C14H20N4O2/c1-17(2)14(19)20-13-10-15-7-6-12(13)16-11-18-8-4-3-5-9-18/h6-7,10-11H,3-5,8-9H2,1-2H3/b16-11+. The van der Waals surface area contributed by atoms with E-state index in [2.05, 4.69) is 14.9 Å². The maximum Gasteiger partial charge on any atom is 0.414 e. The molecule has 1 aliphatic rings. The minimum atomic E-state index is -0.438. The van der Waals surface area contributed by atoms with Crippen molar-refractivity contribution in [2.24, 2.45) is 4.99 Å². The smallest absolute Gasteiger partial charge is 0.406 e. The normalized spacial score (nSPS) is 15.4. The van der Waals surface area contributed by atoms with Crippen molar-refractivity contribution in [3.05, 3.63) is 18.5 Å². The second-order valence-corrected chi connectivity index (χ2v) is 4.95. The first-order chi connectivity index (χ1) is 9.66. The van der Waals surface area contributed by atoms with Gasteiger partial charge >= 0.3 is 6.09 Å². The lowest BCUT2D eigenvalue weighted by atomic mass is 10.1. The van der Waals surface area contributed by atoms with Crippen molar-refractivity contribution in [1.82, 2.24) is 14.8 Å². The molecular weight excluding hydrogens is 256 g/mol. The van der Waals surface area contributed by atoms with E-state index in [4.69, 9.17) is 4.74 Å². The molecule has 1 fully saturated rings. The lowest BCUT2D eigenvalue weighted by molar-refractivity contribution is 0.172. The second kappa shape index (κ2) is 6.88. The Balaban J connectivity index is 2.07. The topological polar surface area (TPSA) is 58.0 Å². The van der Waals surface area contributed by atoms with E-state index < -0.39 is 6.09 Å². The minimum absolute atomic E-state index is 0.374. The third-order valence-electron chi connectivity index (χ3n) is 3.08. The fourth-order valence-electron chi connectivity index (χ4n) is 1.92. The molecule has 6 nitrogen and oxygen atoms in total. The summed E-state index contributed by atoms with van der Waals surface area (Å²) in [5, 5.41) is 0. The Morgan fingerprint density at radius 1 is 1.40 bits per heavy atom. The maximum atomic E-state index is 11.6. The Labute approximate surface area is 119 Å². The van der Waals surface area contributed by atoms with Crippen LogP contribution in [0.25, 0.3) is 0 Å². The average molecular weight is 276 g/mol. The van der Waals surface area contributed by atoms with E-state index in [1.54, 1.807) is 26.4 Å². The van der Waals surface area contributed by atoms with Gasteiger partial charge in [-0.2, -0.15) is 0 Å². The molecule has 0 aromatic carbocycles. The van der Waals surface area contributed by atoms with Gasteiger partial charge in [0.1, 0.15) is 5.69 Å². The number of carbonyl (C=O) groups excluding carboxylic acids is 1. The van der Waals surface area contributed by atoms with Crippen LogP contribution in [0.3, 0.4) is 0 Å². The number of rotatable bonds is 3. The van der Waals surface area contributed by atoms with Gasteiger partial charge in [0.15, 0.2) is 5.75 Å². The molecule has 20 heavy (non-hydrogen) atoms. The van der Waals surface area contributed by atoms with Crippen molar-refractivity contribution < 1.29 is 9.53 Å². The van der Waals surface area contributed by atoms with E-state index in [1.807, 2.05) is 6.34 Å². The summed E-state index contributed by atoms with van der Waals surface area (Å²) in [6, 6.07) is 1.73. The highest BCUT2D eigenvalue weighted by Gasteiger charge is 2.11. The molecular formula is C14H20N4O2. The van der Waals surface area contributed by atoms with Crippen LogP contribution in [0.1, 0.15) is 19.3 Å². The molecule has 0 saturated carbocycles. The number of amides is 1. The van der Waals surface area contributed by atoms with Gasteiger partial charge < -0.3 is 14.5 Å². The summed E-state index contributed by atoms with van der Waals surface area (Å²) in [6.07, 6.45) is 8.20. The molecule has 0 bridgehead atoms. The van der Waals surface area contributed by atoms with Crippen LogP contribution in [0.2, 0.25) is 0 Å². The van der Waals surface area contributed by atoms with Crippen LogP contribution in [0.4, 0.5) is 10.5 Å². The number of aromatic nitrogens is 1. The first-order valence-electron chi connectivity index (χ1n) is 6.78. The second-order valence-electron chi connectivity index (χ2n) is 4.95. The molecule has 1 saturated heterocycles. The lowest BCUT2D eigenvalue weighted by Crippen LogP contribution is -2.28. The Morgan fingerprint density at radius 2 is 2.15 bits per heavy atom. The van der Waals surface area contributed by atoms with Gasteiger partial charge in [-0.1, -0.05) is 0 Å². The number of carbonyl (C=O) groups is 1. The van der Waals surface area contributed by atoms with Crippen molar-refractivity contribution in [3.63, 3.8) is 0 Å². The van der Waals surface area contributed by atoms with Crippen LogP contribution < -0.4 is 4.74 Å². The molecule has 108 valence electrons. The number of hydrogen-bond acceptors (Lipinski definition) is 4. The molecule has 0 spiro atoms. The van der Waals surface area contributed by atoms with Gasteiger partial charge in [0.25, 0.3) is 0 Å². The zero-order chi connectivity index (χ0) is 14.4. The predicted octanol–water partition coefficient (Wildman–Crippen LogP) is 2.29. The molecule has 0 radical (unpaired) electrons. The Morgan fingerprint density at radius 3 is 2.85 bits per heavy atom. The number of aliphatic imine (C=N–C) groups is 1. The SMILES string of the molecule is CN(C)C(=O)Oc1cnccc1/N=C/N1CCCCC1. The number of likely N-dealkylation sites (tertiary alicyclic amines) is 1. The number of ether oxygens (including phenoxy) is 1.